The molecule has 2 aromatic rings. The van der Waals surface area contributed by atoms with Gasteiger partial charge in [-0.2, -0.15) is 0 Å². The molecule has 2 amide bonds. The van der Waals surface area contributed by atoms with E-state index in [0.29, 0.717) is 18.7 Å². The monoisotopic (exact) mass is 384 g/mol. The van der Waals surface area contributed by atoms with Crippen molar-refractivity contribution in [3.63, 3.8) is 0 Å². The van der Waals surface area contributed by atoms with E-state index in [9.17, 15) is 9.59 Å². The molecule has 0 spiro atoms. The van der Waals surface area contributed by atoms with E-state index < -0.39 is 6.04 Å². The Hall–Kier alpha value is -3.02. The molecule has 6 heteroatoms. The minimum Gasteiger partial charge on any atom is -0.497 e. The molecule has 0 saturated heterocycles. The van der Waals surface area contributed by atoms with Crippen molar-refractivity contribution in [2.75, 3.05) is 21.3 Å². The van der Waals surface area contributed by atoms with Gasteiger partial charge in [0.2, 0.25) is 11.8 Å². The molecule has 1 N–H and O–H groups in total. The van der Waals surface area contributed by atoms with Crippen molar-refractivity contribution in [1.82, 2.24) is 10.2 Å². The maximum Gasteiger partial charge on any atom is 0.242 e. The molecule has 150 valence electrons. The van der Waals surface area contributed by atoms with Gasteiger partial charge in [0.1, 0.15) is 17.5 Å². The summed E-state index contributed by atoms with van der Waals surface area (Å²) >= 11 is 0. The first kappa shape index (κ1) is 21.3. The number of hydrogen-bond acceptors (Lipinski definition) is 4. The summed E-state index contributed by atoms with van der Waals surface area (Å²) in [7, 11) is 4.79. The summed E-state index contributed by atoms with van der Waals surface area (Å²) in [5, 5.41) is 2.66. The molecular weight excluding hydrogens is 356 g/mol. The Balaban J connectivity index is 2.27. The van der Waals surface area contributed by atoms with Crippen LogP contribution in [0.4, 0.5) is 0 Å². The third kappa shape index (κ3) is 5.49. The van der Waals surface area contributed by atoms with Crippen molar-refractivity contribution in [2.45, 2.75) is 32.4 Å². The van der Waals surface area contributed by atoms with Crippen LogP contribution in [0.2, 0.25) is 0 Å². The third-order valence-electron chi connectivity index (χ3n) is 4.63. The van der Waals surface area contributed by atoms with E-state index in [2.05, 4.69) is 5.32 Å². The van der Waals surface area contributed by atoms with E-state index >= 15 is 0 Å². The molecule has 2 aromatic carbocycles. The second-order valence-corrected chi connectivity index (χ2v) is 6.44. The first-order chi connectivity index (χ1) is 13.5. The highest BCUT2D eigenvalue weighted by Crippen LogP contribution is 2.19. The highest BCUT2D eigenvalue weighted by Gasteiger charge is 2.28. The lowest BCUT2D eigenvalue weighted by molar-refractivity contribution is -0.140. The molecule has 0 aromatic heterocycles. The molecule has 2 rings (SSSR count). The summed E-state index contributed by atoms with van der Waals surface area (Å²) in [6, 6.07) is 14.4. The van der Waals surface area contributed by atoms with Gasteiger partial charge >= 0.3 is 0 Å². The molecule has 0 aliphatic rings. The Labute approximate surface area is 166 Å². The molecule has 0 fully saturated rings. The van der Waals surface area contributed by atoms with Gasteiger partial charge in [-0.1, -0.05) is 31.2 Å². The van der Waals surface area contributed by atoms with Crippen molar-refractivity contribution >= 4 is 11.8 Å². The fraction of sp³-hybridized carbons (Fsp3) is 0.364. The predicted octanol–water partition coefficient (Wildman–Crippen LogP) is 2.80. The Morgan fingerprint density at radius 3 is 2.25 bits per heavy atom. The second kappa shape index (κ2) is 10.3. The molecule has 0 bridgehead atoms. The lowest BCUT2D eigenvalue weighted by atomic mass is 10.1. The van der Waals surface area contributed by atoms with Crippen LogP contribution in [-0.2, 0) is 22.6 Å². The number of nitrogens with zero attached hydrogens (tertiary/aromatic N) is 1. The SMILES string of the molecule is CC[C@H](C(=O)NC)N(Cc1cccc(OC)c1)C(=O)Cc1ccc(OC)cc1. The molecule has 6 nitrogen and oxygen atoms in total. The van der Waals surface area contributed by atoms with E-state index in [1.54, 1.807) is 26.2 Å². The largest absolute Gasteiger partial charge is 0.497 e. The number of amides is 2. The number of likely N-dealkylation sites (N-methyl/N-ethyl adjacent to an activating group) is 1. The molecule has 0 unspecified atom stereocenters. The molecule has 28 heavy (non-hydrogen) atoms. The van der Waals surface area contributed by atoms with Crippen molar-refractivity contribution < 1.29 is 19.1 Å². The lowest BCUT2D eigenvalue weighted by Crippen LogP contribution is -2.48. The summed E-state index contributed by atoms with van der Waals surface area (Å²) in [4.78, 5) is 27.2. The van der Waals surface area contributed by atoms with Gasteiger partial charge in [0.05, 0.1) is 20.6 Å². The molecule has 0 radical (unpaired) electrons. The number of carbonyl (C=O) groups excluding carboxylic acids is 2. The average Bonchev–Trinajstić information content (AvgIpc) is 2.73. The number of benzene rings is 2. The number of carbonyl (C=O) groups is 2. The maximum atomic E-state index is 13.1. The van der Waals surface area contributed by atoms with Gasteiger partial charge < -0.3 is 19.7 Å². The van der Waals surface area contributed by atoms with Crippen molar-refractivity contribution in [1.29, 1.82) is 0 Å². The van der Waals surface area contributed by atoms with E-state index in [1.807, 2.05) is 55.5 Å². The van der Waals surface area contributed by atoms with Crippen LogP contribution in [0.1, 0.15) is 24.5 Å². The molecule has 0 aliphatic carbocycles. The van der Waals surface area contributed by atoms with Crippen LogP contribution in [0.3, 0.4) is 0 Å². The molecule has 0 heterocycles. The lowest BCUT2D eigenvalue weighted by Gasteiger charge is -2.30. The highest BCUT2D eigenvalue weighted by atomic mass is 16.5. The van der Waals surface area contributed by atoms with Crippen LogP contribution < -0.4 is 14.8 Å². The zero-order valence-corrected chi connectivity index (χ0v) is 16.9. The Morgan fingerprint density at radius 2 is 1.68 bits per heavy atom. The van der Waals surface area contributed by atoms with Gasteiger partial charge in [0.25, 0.3) is 0 Å². The second-order valence-electron chi connectivity index (χ2n) is 6.44. The minimum absolute atomic E-state index is 0.108. The molecular formula is C22H28N2O4. The standard InChI is InChI=1S/C22H28N2O4/c1-5-20(22(26)23-2)24(15-17-7-6-8-19(13-17)28-4)21(25)14-16-9-11-18(27-3)12-10-16/h6-13,20H,5,14-15H2,1-4H3,(H,23,26)/t20-/m1/s1. The summed E-state index contributed by atoms with van der Waals surface area (Å²) in [6.45, 7) is 2.23. The van der Waals surface area contributed by atoms with Crippen molar-refractivity contribution in [3.8, 4) is 11.5 Å². The Kier molecular flexibility index (Phi) is 7.87. The van der Waals surface area contributed by atoms with E-state index in [4.69, 9.17) is 9.47 Å². The highest BCUT2D eigenvalue weighted by molar-refractivity contribution is 5.88. The summed E-state index contributed by atoms with van der Waals surface area (Å²) in [5.41, 5.74) is 1.78. The quantitative estimate of drug-likeness (QED) is 0.722. The zero-order valence-electron chi connectivity index (χ0n) is 16.9. The fourth-order valence-corrected chi connectivity index (χ4v) is 3.07. The van der Waals surface area contributed by atoms with Crippen LogP contribution >= 0.6 is 0 Å². The predicted molar refractivity (Wildman–Crippen MR) is 108 cm³/mol. The Bertz CT molecular complexity index is 789. The summed E-state index contributed by atoms with van der Waals surface area (Å²) in [6.07, 6.45) is 0.736. The van der Waals surface area contributed by atoms with Gasteiger partial charge in [-0.3, -0.25) is 9.59 Å². The summed E-state index contributed by atoms with van der Waals surface area (Å²) in [5.74, 6) is 1.17. The van der Waals surface area contributed by atoms with Crippen LogP contribution in [0, 0.1) is 0 Å². The fourth-order valence-electron chi connectivity index (χ4n) is 3.07. The first-order valence-electron chi connectivity index (χ1n) is 9.29. The number of methoxy groups -OCH3 is 2. The molecule has 0 saturated carbocycles. The normalized spacial score (nSPS) is 11.4. The topological polar surface area (TPSA) is 67.9 Å². The zero-order chi connectivity index (χ0) is 20.5. The van der Waals surface area contributed by atoms with Crippen LogP contribution in [0.15, 0.2) is 48.5 Å². The number of rotatable bonds is 9. The smallest absolute Gasteiger partial charge is 0.242 e. The van der Waals surface area contributed by atoms with Gasteiger partial charge in [-0.05, 0) is 41.8 Å². The van der Waals surface area contributed by atoms with Crippen molar-refractivity contribution in [3.05, 3.63) is 59.7 Å². The number of hydrogen-bond donors (Lipinski definition) is 1. The number of nitrogens with one attached hydrogen (secondary N) is 1. The van der Waals surface area contributed by atoms with E-state index in [0.717, 1.165) is 16.9 Å². The third-order valence-corrected chi connectivity index (χ3v) is 4.63. The number of ether oxygens (including phenoxy) is 2. The Morgan fingerprint density at radius 1 is 1.00 bits per heavy atom. The van der Waals surface area contributed by atoms with Crippen LogP contribution in [0.25, 0.3) is 0 Å². The molecule has 1 atom stereocenters. The molecule has 0 aliphatic heterocycles. The van der Waals surface area contributed by atoms with Gasteiger partial charge in [-0.15, -0.1) is 0 Å². The van der Waals surface area contributed by atoms with Crippen LogP contribution in [0.5, 0.6) is 11.5 Å². The minimum atomic E-state index is -0.540. The van der Waals surface area contributed by atoms with E-state index in [-0.39, 0.29) is 18.2 Å². The van der Waals surface area contributed by atoms with E-state index in [1.165, 1.54) is 0 Å². The van der Waals surface area contributed by atoms with Gasteiger partial charge in [0, 0.05) is 13.6 Å². The average molecular weight is 384 g/mol. The summed E-state index contributed by atoms with van der Waals surface area (Å²) < 4.78 is 10.4. The first-order valence-corrected chi connectivity index (χ1v) is 9.29. The van der Waals surface area contributed by atoms with Crippen molar-refractivity contribution in [2.24, 2.45) is 0 Å². The van der Waals surface area contributed by atoms with Gasteiger partial charge in [0.15, 0.2) is 0 Å². The maximum absolute atomic E-state index is 13.1. The van der Waals surface area contributed by atoms with Gasteiger partial charge in [-0.25, -0.2) is 0 Å². The van der Waals surface area contributed by atoms with Crippen LogP contribution in [-0.4, -0.2) is 44.0 Å².